The summed E-state index contributed by atoms with van der Waals surface area (Å²) < 4.78 is 2.22. The molecule has 0 bridgehead atoms. The van der Waals surface area contributed by atoms with E-state index in [0.717, 1.165) is 26.9 Å². The highest BCUT2D eigenvalue weighted by atomic mass is 79.9. The molecule has 5 heteroatoms. The minimum absolute atomic E-state index is 0.704. The number of thiazole rings is 1. The van der Waals surface area contributed by atoms with Crippen LogP contribution in [0.25, 0.3) is 10.2 Å². The molecule has 3 aromatic rings. The Balaban J connectivity index is 1.87. The summed E-state index contributed by atoms with van der Waals surface area (Å²) in [6.45, 7) is 0.726. The SMILES string of the molecule is Clc1ccc2scnc2c1NCc1ccc(Br)cc1. The van der Waals surface area contributed by atoms with Gasteiger partial charge in [-0.3, -0.25) is 0 Å². The van der Waals surface area contributed by atoms with Gasteiger partial charge in [0, 0.05) is 11.0 Å². The van der Waals surface area contributed by atoms with Gasteiger partial charge in [0.1, 0.15) is 5.52 Å². The normalized spacial score (nSPS) is 10.8. The molecule has 0 aliphatic carbocycles. The lowest BCUT2D eigenvalue weighted by Crippen LogP contribution is -2.00. The molecule has 0 radical (unpaired) electrons. The minimum Gasteiger partial charge on any atom is -0.378 e. The highest BCUT2D eigenvalue weighted by Gasteiger charge is 2.08. The maximum Gasteiger partial charge on any atom is 0.106 e. The zero-order valence-corrected chi connectivity index (χ0v) is 13.0. The molecular formula is C14H10BrClN2S. The Morgan fingerprint density at radius 1 is 1.16 bits per heavy atom. The van der Waals surface area contributed by atoms with Crippen LogP contribution in [-0.2, 0) is 6.54 Å². The third-order valence-corrected chi connectivity index (χ3v) is 4.47. The van der Waals surface area contributed by atoms with Gasteiger partial charge in [-0.15, -0.1) is 11.3 Å². The van der Waals surface area contributed by atoms with E-state index in [4.69, 9.17) is 11.6 Å². The number of aromatic nitrogens is 1. The first-order valence-corrected chi connectivity index (χ1v) is 7.79. The van der Waals surface area contributed by atoms with E-state index in [1.54, 1.807) is 11.3 Å². The van der Waals surface area contributed by atoms with Crippen LogP contribution in [0.2, 0.25) is 5.02 Å². The smallest absolute Gasteiger partial charge is 0.106 e. The lowest BCUT2D eigenvalue weighted by molar-refractivity contribution is 1.15. The summed E-state index contributed by atoms with van der Waals surface area (Å²) >= 11 is 11.3. The molecule has 0 saturated heterocycles. The summed E-state index contributed by atoms with van der Waals surface area (Å²) in [7, 11) is 0. The molecule has 1 heterocycles. The molecule has 0 amide bonds. The Morgan fingerprint density at radius 2 is 1.95 bits per heavy atom. The monoisotopic (exact) mass is 352 g/mol. The van der Waals surface area contributed by atoms with Crippen LogP contribution >= 0.6 is 38.9 Å². The molecule has 19 heavy (non-hydrogen) atoms. The number of hydrogen-bond donors (Lipinski definition) is 1. The first-order chi connectivity index (χ1) is 9.24. The Morgan fingerprint density at radius 3 is 2.74 bits per heavy atom. The van der Waals surface area contributed by atoms with Crippen molar-refractivity contribution in [3.63, 3.8) is 0 Å². The van der Waals surface area contributed by atoms with Crippen molar-refractivity contribution in [2.24, 2.45) is 0 Å². The van der Waals surface area contributed by atoms with E-state index in [1.165, 1.54) is 5.56 Å². The molecule has 0 aliphatic heterocycles. The molecule has 0 saturated carbocycles. The number of rotatable bonds is 3. The highest BCUT2D eigenvalue weighted by Crippen LogP contribution is 2.32. The van der Waals surface area contributed by atoms with Gasteiger partial charge in [0.2, 0.25) is 0 Å². The van der Waals surface area contributed by atoms with E-state index in [-0.39, 0.29) is 0 Å². The predicted molar refractivity (Wildman–Crippen MR) is 86.1 cm³/mol. The maximum absolute atomic E-state index is 6.25. The number of hydrogen-bond acceptors (Lipinski definition) is 3. The van der Waals surface area contributed by atoms with E-state index in [0.29, 0.717) is 5.02 Å². The highest BCUT2D eigenvalue weighted by molar-refractivity contribution is 9.10. The molecule has 0 aliphatic rings. The summed E-state index contributed by atoms with van der Waals surface area (Å²) in [5.41, 5.74) is 4.88. The van der Waals surface area contributed by atoms with E-state index < -0.39 is 0 Å². The van der Waals surface area contributed by atoms with Crippen molar-refractivity contribution >= 4 is 54.8 Å². The largest absolute Gasteiger partial charge is 0.378 e. The van der Waals surface area contributed by atoms with Gasteiger partial charge in [0.05, 0.1) is 20.9 Å². The predicted octanol–water partition coefficient (Wildman–Crippen LogP) is 5.32. The average Bonchev–Trinajstić information content (AvgIpc) is 2.88. The van der Waals surface area contributed by atoms with Gasteiger partial charge >= 0.3 is 0 Å². The van der Waals surface area contributed by atoms with Crippen LogP contribution in [0.3, 0.4) is 0 Å². The van der Waals surface area contributed by atoms with Crippen LogP contribution < -0.4 is 5.32 Å². The second kappa shape index (κ2) is 5.49. The summed E-state index contributed by atoms with van der Waals surface area (Å²) in [6, 6.07) is 12.1. The molecule has 0 fully saturated rings. The number of anilines is 1. The van der Waals surface area contributed by atoms with Crippen molar-refractivity contribution in [2.75, 3.05) is 5.32 Å². The Labute approximate surface area is 128 Å². The standard InChI is InChI=1S/C14H10BrClN2S/c15-10-3-1-9(2-4-10)7-17-13-11(16)5-6-12-14(13)18-8-19-12/h1-6,8,17H,7H2. The van der Waals surface area contributed by atoms with Crippen LogP contribution in [0.1, 0.15) is 5.56 Å². The zero-order valence-electron chi connectivity index (χ0n) is 9.86. The lowest BCUT2D eigenvalue weighted by atomic mass is 10.2. The van der Waals surface area contributed by atoms with Gasteiger partial charge in [0.15, 0.2) is 0 Å². The summed E-state index contributed by atoms with van der Waals surface area (Å²) in [5, 5.41) is 4.08. The van der Waals surface area contributed by atoms with Gasteiger partial charge in [0.25, 0.3) is 0 Å². The second-order valence-electron chi connectivity index (χ2n) is 4.10. The second-order valence-corrected chi connectivity index (χ2v) is 6.31. The van der Waals surface area contributed by atoms with Crippen molar-refractivity contribution in [1.82, 2.24) is 4.98 Å². The van der Waals surface area contributed by atoms with Crippen molar-refractivity contribution in [1.29, 1.82) is 0 Å². The molecule has 96 valence electrons. The number of fused-ring (bicyclic) bond motifs is 1. The van der Waals surface area contributed by atoms with Crippen LogP contribution in [0.5, 0.6) is 0 Å². The Hall–Kier alpha value is -1.10. The van der Waals surface area contributed by atoms with E-state index >= 15 is 0 Å². The van der Waals surface area contributed by atoms with Gasteiger partial charge in [-0.1, -0.05) is 39.7 Å². The fraction of sp³-hybridized carbons (Fsp3) is 0.0714. The first kappa shape index (κ1) is 12.9. The maximum atomic E-state index is 6.25. The number of halogens is 2. The molecular weight excluding hydrogens is 344 g/mol. The minimum atomic E-state index is 0.704. The van der Waals surface area contributed by atoms with Crippen LogP contribution in [0.4, 0.5) is 5.69 Å². The van der Waals surface area contributed by atoms with Gasteiger partial charge in [-0.2, -0.15) is 0 Å². The molecule has 0 atom stereocenters. The van der Waals surface area contributed by atoms with Crippen molar-refractivity contribution in [3.8, 4) is 0 Å². The van der Waals surface area contributed by atoms with Crippen LogP contribution in [0, 0.1) is 0 Å². The van der Waals surface area contributed by atoms with Gasteiger partial charge in [-0.05, 0) is 29.8 Å². The Bertz CT molecular complexity index is 709. The molecule has 1 aromatic heterocycles. The third kappa shape index (κ3) is 2.76. The fourth-order valence-corrected chi connectivity index (χ4v) is 3.04. The molecule has 1 N–H and O–H groups in total. The molecule has 2 aromatic carbocycles. The van der Waals surface area contributed by atoms with Crippen molar-refractivity contribution in [2.45, 2.75) is 6.54 Å². The average molecular weight is 354 g/mol. The summed E-state index contributed by atoms with van der Waals surface area (Å²) in [5.74, 6) is 0. The molecule has 0 spiro atoms. The number of nitrogens with zero attached hydrogens (tertiary/aromatic N) is 1. The number of nitrogens with one attached hydrogen (secondary N) is 1. The van der Waals surface area contributed by atoms with E-state index in [2.05, 4.69) is 38.4 Å². The molecule has 3 rings (SSSR count). The quantitative estimate of drug-likeness (QED) is 0.689. The topological polar surface area (TPSA) is 24.9 Å². The van der Waals surface area contributed by atoms with Crippen molar-refractivity contribution < 1.29 is 0 Å². The van der Waals surface area contributed by atoms with Crippen LogP contribution in [-0.4, -0.2) is 4.98 Å². The number of benzene rings is 2. The van der Waals surface area contributed by atoms with Crippen LogP contribution in [0.15, 0.2) is 46.4 Å². The van der Waals surface area contributed by atoms with Crippen molar-refractivity contribution in [3.05, 3.63) is 57.0 Å². The van der Waals surface area contributed by atoms with E-state index in [1.807, 2.05) is 29.8 Å². The summed E-state index contributed by atoms with van der Waals surface area (Å²) in [6.07, 6.45) is 0. The Kier molecular flexibility index (Phi) is 3.73. The first-order valence-electron chi connectivity index (χ1n) is 5.74. The molecule has 2 nitrogen and oxygen atoms in total. The summed E-state index contributed by atoms with van der Waals surface area (Å²) in [4.78, 5) is 4.37. The lowest BCUT2D eigenvalue weighted by Gasteiger charge is -2.09. The third-order valence-electron chi connectivity index (χ3n) is 2.83. The van der Waals surface area contributed by atoms with E-state index in [9.17, 15) is 0 Å². The molecule has 0 unspecified atom stereocenters. The van der Waals surface area contributed by atoms with Gasteiger partial charge < -0.3 is 5.32 Å². The zero-order chi connectivity index (χ0) is 13.2. The fourth-order valence-electron chi connectivity index (χ4n) is 1.87. The van der Waals surface area contributed by atoms with Gasteiger partial charge in [-0.25, -0.2) is 4.98 Å².